The molecule has 1 N–H and O–H groups in total. The summed E-state index contributed by atoms with van der Waals surface area (Å²) in [4.78, 5) is 12.8. The maximum absolute atomic E-state index is 12.8. The van der Waals surface area contributed by atoms with Gasteiger partial charge in [0, 0.05) is 21.4 Å². The second-order valence-electron chi connectivity index (χ2n) is 7.29. The Morgan fingerprint density at radius 1 is 1.03 bits per heavy atom. The first-order chi connectivity index (χ1) is 15.6. The van der Waals surface area contributed by atoms with Crippen molar-refractivity contribution < 1.29 is 4.79 Å². The first-order valence-corrected chi connectivity index (χ1v) is 12.1. The fourth-order valence-electron chi connectivity index (χ4n) is 3.52. The van der Waals surface area contributed by atoms with Crippen molar-refractivity contribution >= 4 is 39.3 Å². The summed E-state index contributed by atoms with van der Waals surface area (Å²) in [5, 5.41) is 12.6. The zero-order valence-corrected chi connectivity index (χ0v) is 20.3. The predicted octanol–water partition coefficient (Wildman–Crippen LogP) is 6.30. The highest BCUT2D eigenvalue weighted by atomic mass is 79.9. The Labute approximate surface area is 200 Å². The summed E-state index contributed by atoms with van der Waals surface area (Å²) >= 11 is 4.91. The van der Waals surface area contributed by atoms with Gasteiger partial charge in [0.25, 0.3) is 0 Å². The van der Waals surface area contributed by atoms with Gasteiger partial charge in [-0.1, -0.05) is 83.1 Å². The second-order valence-corrected chi connectivity index (χ2v) is 9.15. The molecule has 32 heavy (non-hydrogen) atoms. The zero-order valence-electron chi connectivity index (χ0n) is 17.9. The van der Waals surface area contributed by atoms with Gasteiger partial charge in [0.2, 0.25) is 5.91 Å². The Kier molecular flexibility index (Phi) is 7.07. The summed E-state index contributed by atoms with van der Waals surface area (Å²) in [7, 11) is 0. The van der Waals surface area contributed by atoms with Crippen molar-refractivity contribution in [3.63, 3.8) is 0 Å². The third-order valence-electron chi connectivity index (χ3n) is 5.04. The Morgan fingerprint density at radius 3 is 2.41 bits per heavy atom. The molecule has 0 fully saturated rings. The number of rotatable bonds is 7. The highest BCUT2D eigenvalue weighted by molar-refractivity contribution is 9.10. The van der Waals surface area contributed by atoms with Gasteiger partial charge in [0.05, 0.1) is 5.75 Å². The van der Waals surface area contributed by atoms with Gasteiger partial charge in [-0.15, -0.1) is 10.2 Å². The molecular formula is C25H23BrN4OS. The number of hydrogen-bond acceptors (Lipinski definition) is 4. The van der Waals surface area contributed by atoms with Crippen LogP contribution in [0.1, 0.15) is 18.1 Å². The summed E-state index contributed by atoms with van der Waals surface area (Å²) in [6, 6.07) is 24.0. The van der Waals surface area contributed by atoms with Gasteiger partial charge >= 0.3 is 0 Å². The molecule has 0 saturated carbocycles. The lowest BCUT2D eigenvalue weighted by Gasteiger charge is -2.14. The van der Waals surface area contributed by atoms with Crippen LogP contribution in [0, 0.1) is 6.92 Å². The van der Waals surface area contributed by atoms with E-state index in [1.807, 2.05) is 84.3 Å². The summed E-state index contributed by atoms with van der Waals surface area (Å²) in [5.41, 5.74) is 4.95. The number of benzene rings is 3. The predicted molar refractivity (Wildman–Crippen MR) is 134 cm³/mol. The van der Waals surface area contributed by atoms with Crippen LogP contribution in [0.5, 0.6) is 0 Å². The highest BCUT2D eigenvalue weighted by Gasteiger charge is 2.18. The van der Waals surface area contributed by atoms with Crippen molar-refractivity contribution in [1.29, 1.82) is 0 Å². The van der Waals surface area contributed by atoms with Crippen LogP contribution in [0.3, 0.4) is 0 Å². The molecule has 0 aliphatic carbocycles. The fraction of sp³-hybridized carbons (Fsp3) is 0.160. The number of aryl methyl sites for hydroxylation is 2. The van der Waals surface area contributed by atoms with E-state index in [0.717, 1.165) is 44.8 Å². The number of thioether (sulfide) groups is 1. The number of carbonyl (C=O) groups is 1. The SMILES string of the molecule is CCc1cc(Br)cc(C)c1NC(=O)CSc1nnc(-c2ccccc2)n1-c1ccccc1. The van der Waals surface area contributed by atoms with Crippen LogP contribution in [-0.4, -0.2) is 26.4 Å². The number of hydrogen-bond donors (Lipinski definition) is 1. The third kappa shape index (κ3) is 4.95. The lowest BCUT2D eigenvalue weighted by molar-refractivity contribution is -0.113. The van der Waals surface area contributed by atoms with Gasteiger partial charge in [-0.3, -0.25) is 9.36 Å². The average molecular weight is 507 g/mol. The molecule has 1 aromatic heterocycles. The lowest BCUT2D eigenvalue weighted by Crippen LogP contribution is -2.16. The first-order valence-electron chi connectivity index (χ1n) is 10.3. The molecule has 1 amide bonds. The quantitative estimate of drug-likeness (QED) is 0.299. The summed E-state index contributed by atoms with van der Waals surface area (Å²) in [6.45, 7) is 4.09. The monoisotopic (exact) mass is 506 g/mol. The van der Waals surface area contributed by atoms with E-state index in [2.05, 4.69) is 38.4 Å². The Morgan fingerprint density at radius 2 is 1.72 bits per heavy atom. The van der Waals surface area contributed by atoms with Crippen molar-refractivity contribution in [3.8, 4) is 17.1 Å². The van der Waals surface area contributed by atoms with Crippen molar-refractivity contribution in [3.05, 3.63) is 88.4 Å². The van der Waals surface area contributed by atoms with Gasteiger partial charge in [-0.05, 0) is 48.7 Å². The molecule has 0 saturated heterocycles. The van der Waals surface area contributed by atoms with Crippen LogP contribution in [0.2, 0.25) is 0 Å². The normalized spacial score (nSPS) is 10.8. The molecule has 0 radical (unpaired) electrons. The fourth-order valence-corrected chi connectivity index (χ4v) is 4.89. The van der Waals surface area contributed by atoms with E-state index >= 15 is 0 Å². The largest absolute Gasteiger partial charge is 0.325 e. The van der Waals surface area contributed by atoms with Crippen LogP contribution >= 0.6 is 27.7 Å². The first kappa shape index (κ1) is 22.3. The molecule has 4 rings (SSSR count). The molecule has 0 aliphatic rings. The van der Waals surface area contributed by atoms with E-state index in [1.165, 1.54) is 11.8 Å². The number of nitrogens with one attached hydrogen (secondary N) is 1. The Hall–Kier alpha value is -2.90. The molecule has 3 aromatic carbocycles. The number of anilines is 1. The molecular weight excluding hydrogens is 484 g/mol. The van der Waals surface area contributed by atoms with Crippen molar-refractivity contribution in [2.24, 2.45) is 0 Å². The molecule has 7 heteroatoms. The molecule has 5 nitrogen and oxygen atoms in total. The molecule has 0 spiro atoms. The zero-order chi connectivity index (χ0) is 22.5. The number of para-hydroxylation sites is 1. The van der Waals surface area contributed by atoms with Crippen LogP contribution in [-0.2, 0) is 11.2 Å². The topological polar surface area (TPSA) is 59.8 Å². The third-order valence-corrected chi connectivity index (χ3v) is 6.43. The molecule has 0 unspecified atom stereocenters. The molecule has 0 atom stereocenters. The van der Waals surface area contributed by atoms with Crippen molar-refractivity contribution in [2.45, 2.75) is 25.4 Å². The van der Waals surface area contributed by atoms with E-state index in [9.17, 15) is 4.79 Å². The lowest BCUT2D eigenvalue weighted by atomic mass is 10.1. The molecule has 1 heterocycles. The van der Waals surface area contributed by atoms with Crippen LogP contribution < -0.4 is 5.32 Å². The van der Waals surface area contributed by atoms with Gasteiger partial charge < -0.3 is 5.32 Å². The maximum Gasteiger partial charge on any atom is 0.234 e. The molecule has 162 valence electrons. The van der Waals surface area contributed by atoms with Gasteiger partial charge in [-0.2, -0.15) is 0 Å². The Bertz CT molecular complexity index is 1230. The molecule has 0 aliphatic heterocycles. The smallest absolute Gasteiger partial charge is 0.234 e. The van der Waals surface area contributed by atoms with Crippen LogP contribution in [0.4, 0.5) is 5.69 Å². The molecule has 4 aromatic rings. The van der Waals surface area contributed by atoms with Gasteiger partial charge in [0.1, 0.15) is 0 Å². The number of aromatic nitrogens is 3. The number of halogens is 1. The summed E-state index contributed by atoms with van der Waals surface area (Å²) in [5.74, 6) is 0.911. The van der Waals surface area contributed by atoms with E-state index in [1.54, 1.807) is 0 Å². The average Bonchev–Trinajstić information content (AvgIpc) is 3.24. The standard InChI is InChI=1S/C25H23BrN4OS/c1-3-18-15-20(26)14-17(2)23(18)27-22(31)16-32-25-29-28-24(19-10-6-4-7-11-19)30(25)21-12-8-5-9-13-21/h4-15H,3,16H2,1-2H3,(H,27,31). The minimum absolute atomic E-state index is 0.0704. The minimum atomic E-state index is -0.0704. The number of nitrogens with zero attached hydrogens (tertiary/aromatic N) is 3. The van der Waals surface area contributed by atoms with E-state index in [0.29, 0.717) is 5.16 Å². The van der Waals surface area contributed by atoms with Crippen molar-refractivity contribution in [1.82, 2.24) is 14.8 Å². The highest BCUT2D eigenvalue weighted by Crippen LogP contribution is 2.29. The van der Waals surface area contributed by atoms with E-state index in [4.69, 9.17) is 0 Å². The van der Waals surface area contributed by atoms with Gasteiger partial charge in [0.15, 0.2) is 11.0 Å². The van der Waals surface area contributed by atoms with E-state index in [-0.39, 0.29) is 11.7 Å². The minimum Gasteiger partial charge on any atom is -0.325 e. The van der Waals surface area contributed by atoms with Crippen molar-refractivity contribution in [2.75, 3.05) is 11.1 Å². The Balaban J connectivity index is 1.58. The number of carbonyl (C=O) groups excluding carboxylic acids is 1. The van der Waals surface area contributed by atoms with Crippen LogP contribution in [0.15, 0.2) is 82.4 Å². The van der Waals surface area contributed by atoms with Crippen LogP contribution in [0.25, 0.3) is 17.1 Å². The molecule has 0 bridgehead atoms. The summed E-state index contributed by atoms with van der Waals surface area (Å²) in [6.07, 6.45) is 0.839. The van der Waals surface area contributed by atoms with Gasteiger partial charge in [-0.25, -0.2) is 0 Å². The summed E-state index contributed by atoms with van der Waals surface area (Å²) < 4.78 is 3.01. The maximum atomic E-state index is 12.8. The second kappa shape index (κ2) is 10.1. The number of amides is 1. The van der Waals surface area contributed by atoms with E-state index < -0.39 is 0 Å².